The predicted octanol–water partition coefficient (Wildman–Crippen LogP) is 2.63. The minimum atomic E-state index is -3.18. The van der Waals surface area contributed by atoms with Gasteiger partial charge < -0.3 is 10.3 Å². The van der Waals surface area contributed by atoms with Crippen LogP contribution in [0.15, 0.2) is 41.4 Å². The number of hydrogen-bond donors (Lipinski definition) is 2. The molecule has 8 heteroatoms. The first-order chi connectivity index (χ1) is 10.4. The zero-order valence-corrected chi connectivity index (χ0v) is 13.2. The zero-order valence-electron chi connectivity index (χ0n) is 11.7. The third-order valence-corrected chi connectivity index (χ3v) is 4.50. The van der Waals surface area contributed by atoms with E-state index in [0.29, 0.717) is 22.9 Å². The molecular formula is C14H13ClN4O2S. The number of sulfone groups is 1. The average molecular weight is 337 g/mol. The highest BCUT2D eigenvalue weighted by molar-refractivity contribution is 7.90. The lowest BCUT2D eigenvalue weighted by atomic mass is 10.2. The summed E-state index contributed by atoms with van der Waals surface area (Å²) in [6.45, 7) is 0.498. The number of halogens is 1. The van der Waals surface area contributed by atoms with E-state index < -0.39 is 9.84 Å². The van der Waals surface area contributed by atoms with Crippen LogP contribution in [0, 0.1) is 0 Å². The molecule has 6 nitrogen and oxygen atoms in total. The second kappa shape index (κ2) is 5.58. The average Bonchev–Trinajstić information content (AvgIpc) is 2.92. The number of fused-ring (bicyclic) bond motifs is 1. The molecule has 1 aromatic carbocycles. The van der Waals surface area contributed by atoms with Gasteiger partial charge in [-0.05, 0) is 35.4 Å². The van der Waals surface area contributed by atoms with Gasteiger partial charge in [0.05, 0.1) is 10.3 Å². The molecule has 2 aromatic heterocycles. The van der Waals surface area contributed by atoms with E-state index in [2.05, 4.69) is 20.3 Å². The highest BCUT2D eigenvalue weighted by Crippen LogP contribution is 2.21. The van der Waals surface area contributed by atoms with Gasteiger partial charge in [-0.25, -0.2) is 13.4 Å². The Labute approximate surface area is 132 Å². The van der Waals surface area contributed by atoms with Crippen molar-refractivity contribution in [3.05, 3.63) is 47.4 Å². The normalized spacial score (nSPS) is 11.7. The van der Waals surface area contributed by atoms with Gasteiger partial charge in [0.15, 0.2) is 9.84 Å². The van der Waals surface area contributed by atoms with Gasteiger partial charge in [0.1, 0.15) is 11.5 Å². The van der Waals surface area contributed by atoms with Crippen LogP contribution >= 0.6 is 11.6 Å². The molecule has 0 aliphatic carbocycles. The van der Waals surface area contributed by atoms with Crippen molar-refractivity contribution in [1.29, 1.82) is 0 Å². The second-order valence-corrected chi connectivity index (χ2v) is 7.20. The third kappa shape index (κ3) is 3.05. The standard InChI is InChI=1S/C14H13ClN4O2S/c1-22(20,21)10-4-2-9(3-5-10)8-17-13-11-6-7-16-12(11)18-14(15)19-13/h2-7H,8H2,1H3,(H2,16,17,18,19). The molecular weight excluding hydrogens is 324 g/mol. The van der Waals surface area contributed by atoms with Crippen LogP contribution < -0.4 is 5.32 Å². The molecule has 3 aromatic rings. The summed E-state index contributed by atoms with van der Waals surface area (Å²) in [4.78, 5) is 11.5. The molecule has 3 rings (SSSR count). The van der Waals surface area contributed by atoms with Crippen molar-refractivity contribution in [3.63, 3.8) is 0 Å². The van der Waals surface area contributed by atoms with Gasteiger partial charge in [0.2, 0.25) is 5.28 Å². The van der Waals surface area contributed by atoms with Crippen LogP contribution in [0.4, 0.5) is 5.82 Å². The smallest absolute Gasteiger partial charge is 0.226 e. The van der Waals surface area contributed by atoms with Crippen LogP contribution in [0.5, 0.6) is 0 Å². The number of nitrogens with zero attached hydrogens (tertiary/aromatic N) is 2. The first-order valence-electron chi connectivity index (χ1n) is 6.47. The van der Waals surface area contributed by atoms with Crippen molar-refractivity contribution in [2.24, 2.45) is 0 Å². The van der Waals surface area contributed by atoms with Crippen LogP contribution in [0.2, 0.25) is 5.28 Å². The SMILES string of the molecule is CS(=O)(=O)c1ccc(CNc2nc(Cl)nc3[nH]ccc23)cc1. The Morgan fingerprint density at radius 2 is 1.91 bits per heavy atom. The van der Waals surface area contributed by atoms with E-state index in [1.54, 1.807) is 30.5 Å². The lowest BCUT2D eigenvalue weighted by Gasteiger charge is -2.08. The molecule has 0 aliphatic rings. The number of nitrogens with one attached hydrogen (secondary N) is 2. The van der Waals surface area contributed by atoms with Crippen molar-refractivity contribution < 1.29 is 8.42 Å². The van der Waals surface area contributed by atoms with Gasteiger partial charge in [-0.1, -0.05) is 12.1 Å². The van der Waals surface area contributed by atoms with E-state index in [1.165, 1.54) is 6.26 Å². The number of aromatic nitrogens is 3. The van der Waals surface area contributed by atoms with Gasteiger partial charge >= 0.3 is 0 Å². The Bertz CT molecular complexity index is 920. The Morgan fingerprint density at radius 3 is 2.59 bits per heavy atom. The van der Waals surface area contributed by atoms with Gasteiger partial charge in [0, 0.05) is 19.0 Å². The number of hydrogen-bond acceptors (Lipinski definition) is 5. The maximum absolute atomic E-state index is 11.4. The quantitative estimate of drug-likeness (QED) is 0.715. The summed E-state index contributed by atoms with van der Waals surface area (Å²) in [5, 5.41) is 4.19. The first kappa shape index (κ1) is 14.8. The molecule has 0 saturated carbocycles. The molecule has 2 heterocycles. The lowest BCUT2D eigenvalue weighted by molar-refractivity contribution is 0.602. The van der Waals surface area contributed by atoms with Crippen LogP contribution in [0.25, 0.3) is 11.0 Å². The van der Waals surface area contributed by atoms with Gasteiger partial charge in [0.25, 0.3) is 0 Å². The molecule has 0 fully saturated rings. The minimum absolute atomic E-state index is 0.157. The van der Waals surface area contributed by atoms with E-state index in [4.69, 9.17) is 11.6 Å². The number of H-pyrrole nitrogens is 1. The monoisotopic (exact) mass is 336 g/mol. The van der Waals surface area contributed by atoms with Crippen LogP contribution in [-0.4, -0.2) is 29.6 Å². The minimum Gasteiger partial charge on any atom is -0.365 e. The van der Waals surface area contributed by atoms with Crippen molar-refractivity contribution in [2.45, 2.75) is 11.4 Å². The van der Waals surface area contributed by atoms with E-state index >= 15 is 0 Å². The molecule has 0 spiro atoms. The molecule has 0 unspecified atom stereocenters. The van der Waals surface area contributed by atoms with Crippen LogP contribution in [-0.2, 0) is 16.4 Å². The fraction of sp³-hybridized carbons (Fsp3) is 0.143. The van der Waals surface area contributed by atoms with E-state index in [9.17, 15) is 8.42 Å². The van der Waals surface area contributed by atoms with Crippen molar-refractivity contribution in [2.75, 3.05) is 11.6 Å². The van der Waals surface area contributed by atoms with Gasteiger partial charge in [-0.15, -0.1) is 0 Å². The fourth-order valence-corrected chi connectivity index (χ4v) is 2.89. The maximum Gasteiger partial charge on any atom is 0.226 e. The Kier molecular flexibility index (Phi) is 3.76. The Balaban J connectivity index is 1.81. The molecule has 0 aliphatic heterocycles. The highest BCUT2D eigenvalue weighted by atomic mass is 35.5. The van der Waals surface area contributed by atoms with Crippen molar-refractivity contribution in [3.8, 4) is 0 Å². The Hall–Kier alpha value is -2.12. The summed E-state index contributed by atoms with van der Waals surface area (Å²) in [5.74, 6) is 0.628. The fourth-order valence-electron chi connectivity index (χ4n) is 2.09. The number of benzene rings is 1. The van der Waals surface area contributed by atoms with Crippen LogP contribution in [0.3, 0.4) is 0 Å². The number of aromatic amines is 1. The zero-order chi connectivity index (χ0) is 15.7. The van der Waals surface area contributed by atoms with Crippen LogP contribution in [0.1, 0.15) is 5.56 Å². The molecule has 2 N–H and O–H groups in total. The Morgan fingerprint density at radius 1 is 1.18 bits per heavy atom. The van der Waals surface area contributed by atoms with Crippen molar-refractivity contribution >= 4 is 38.3 Å². The molecule has 0 atom stereocenters. The highest BCUT2D eigenvalue weighted by Gasteiger charge is 2.08. The summed E-state index contributed by atoms with van der Waals surface area (Å²) >= 11 is 5.88. The van der Waals surface area contributed by atoms with E-state index in [0.717, 1.165) is 10.9 Å². The summed E-state index contributed by atoms with van der Waals surface area (Å²) in [6.07, 6.45) is 2.95. The topological polar surface area (TPSA) is 87.7 Å². The van der Waals surface area contributed by atoms with Gasteiger partial charge in [-0.3, -0.25) is 0 Å². The molecule has 0 amide bonds. The summed E-state index contributed by atoms with van der Waals surface area (Å²) in [5.41, 5.74) is 1.60. The molecule has 114 valence electrons. The van der Waals surface area contributed by atoms with E-state index in [1.807, 2.05) is 6.07 Å². The molecule has 0 radical (unpaired) electrons. The molecule has 0 saturated heterocycles. The maximum atomic E-state index is 11.4. The predicted molar refractivity (Wildman–Crippen MR) is 85.8 cm³/mol. The first-order valence-corrected chi connectivity index (χ1v) is 8.74. The van der Waals surface area contributed by atoms with Crippen molar-refractivity contribution in [1.82, 2.24) is 15.0 Å². The largest absolute Gasteiger partial charge is 0.365 e. The number of anilines is 1. The molecule has 0 bridgehead atoms. The lowest BCUT2D eigenvalue weighted by Crippen LogP contribution is -2.03. The summed E-state index contributed by atoms with van der Waals surface area (Å²) in [6, 6.07) is 8.57. The number of rotatable bonds is 4. The summed E-state index contributed by atoms with van der Waals surface area (Å²) < 4.78 is 22.9. The third-order valence-electron chi connectivity index (χ3n) is 3.20. The molecule has 22 heavy (non-hydrogen) atoms. The summed E-state index contributed by atoms with van der Waals surface area (Å²) in [7, 11) is -3.18. The van der Waals surface area contributed by atoms with Gasteiger partial charge in [-0.2, -0.15) is 4.98 Å². The van der Waals surface area contributed by atoms with E-state index in [-0.39, 0.29) is 5.28 Å². The second-order valence-electron chi connectivity index (χ2n) is 4.85.